The van der Waals surface area contributed by atoms with Crippen LogP contribution in [0.1, 0.15) is 31.2 Å². The molecule has 1 unspecified atom stereocenters. The molecule has 1 atom stereocenters. The molecule has 1 heterocycles. The molecule has 1 aromatic heterocycles. The zero-order valence-electron chi connectivity index (χ0n) is 9.75. The third-order valence-corrected chi connectivity index (χ3v) is 2.53. The van der Waals surface area contributed by atoms with Gasteiger partial charge in [0.05, 0.1) is 11.4 Å². The van der Waals surface area contributed by atoms with Gasteiger partial charge in [-0.05, 0) is 19.4 Å². The van der Waals surface area contributed by atoms with Crippen LogP contribution in [0.2, 0.25) is 0 Å². The normalized spacial score (nSPS) is 12.4. The van der Waals surface area contributed by atoms with Gasteiger partial charge < -0.3 is 5.32 Å². The maximum Gasteiger partial charge on any atom is 0.0597 e. The number of nitrogens with one attached hydrogen (secondary N) is 1. The average Bonchev–Trinajstić information content (AvgIpc) is 2.52. The van der Waals surface area contributed by atoms with Crippen LogP contribution in [0.25, 0.3) is 0 Å². The second-order valence-electron chi connectivity index (χ2n) is 3.79. The lowest BCUT2D eigenvalue weighted by Gasteiger charge is -2.13. The number of rotatable bonds is 5. The predicted octanol–water partition coefficient (Wildman–Crippen LogP) is 1.62. The lowest BCUT2D eigenvalue weighted by atomic mass is 10.1. The predicted molar refractivity (Wildman–Crippen MR) is 62.3 cm³/mol. The molecule has 0 saturated carbocycles. The van der Waals surface area contributed by atoms with Crippen LogP contribution in [0.15, 0.2) is 6.07 Å². The van der Waals surface area contributed by atoms with Crippen LogP contribution in [0.3, 0.4) is 0 Å². The van der Waals surface area contributed by atoms with Crippen LogP contribution in [0.4, 0.5) is 0 Å². The molecule has 0 aliphatic heterocycles. The Hall–Kier alpha value is -1.27. The summed E-state index contributed by atoms with van der Waals surface area (Å²) in [5.41, 5.74) is 2.25. The quantitative estimate of drug-likeness (QED) is 0.740. The summed E-state index contributed by atoms with van der Waals surface area (Å²) in [5, 5.41) is 7.73. The first-order valence-electron chi connectivity index (χ1n) is 5.33. The summed E-state index contributed by atoms with van der Waals surface area (Å²) >= 11 is 0. The number of terminal acetylenes is 1. The molecule has 0 radical (unpaired) electrons. The van der Waals surface area contributed by atoms with Crippen molar-refractivity contribution < 1.29 is 0 Å². The molecule has 0 aliphatic rings. The topological polar surface area (TPSA) is 29.9 Å². The zero-order chi connectivity index (χ0) is 11.3. The zero-order valence-corrected chi connectivity index (χ0v) is 9.75. The molecule has 0 fully saturated rings. The van der Waals surface area contributed by atoms with Gasteiger partial charge in [-0.25, -0.2) is 0 Å². The van der Waals surface area contributed by atoms with Crippen molar-refractivity contribution in [2.75, 3.05) is 0 Å². The highest BCUT2D eigenvalue weighted by atomic mass is 15.3. The minimum absolute atomic E-state index is 0.408. The SMILES string of the molecule is C#CCC(CC)NCc1cc(C)nn1C. The van der Waals surface area contributed by atoms with Crippen molar-refractivity contribution in [1.29, 1.82) is 0 Å². The Morgan fingerprint density at radius 1 is 1.67 bits per heavy atom. The number of hydrogen-bond donors (Lipinski definition) is 1. The van der Waals surface area contributed by atoms with E-state index in [1.807, 2.05) is 18.7 Å². The van der Waals surface area contributed by atoms with E-state index in [-0.39, 0.29) is 0 Å². The molecule has 3 nitrogen and oxygen atoms in total. The highest BCUT2D eigenvalue weighted by molar-refractivity contribution is 5.08. The smallest absolute Gasteiger partial charge is 0.0597 e. The molecule has 0 bridgehead atoms. The summed E-state index contributed by atoms with van der Waals surface area (Å²) < 4.78 is 1.91. The maximum absolute atomic E-state index is 5.30. The van der Waals surface area contributed by atoms with Crippen LogP contribution in [-0.2, 0) is 13.6 Å². The number of aromatic nitrogens is 2. The second-order valence-corrected chi connectivity index (χ2v) is 3.79. The highest BCUT2D eigenvalue weighted by Crippen LogP contribution is 2.03. The minimum Gasteiger partial charge on any atom is -0.307 e. The van der Waals surface area contributed by atoms with Gasteiger partial charge in [-0.2, -0.15) is 5.10 Å². The molecule has 82 valence electrons. The maximum atomic E-state index is 5.30. The van der Waals surface area contributed by atoms with Crippen LogP contribution in [0.5, 0.6) is 0 Å². The first-order valence-corrected chi connectivity index (χ1v) is 5.33. The summed E-state index contributed by atoms with van der Waals surface area (Å²) in [5.74, 6) is 2.69. The average molecular weight is 205 g/mol. The minimum atomic E-state index is 0.408. The molecule has 1 N–H and O–H groups in total. The van der Waals surface area contributed by atoms with Crippen molar-refractivity contribution in [2.24, 2.45) is 7.05 Å². The van der Waals surface area contributed by atoms with E-state index >= 15 is 0 Å². The number of aryl methyl sites for hydroxylation is 2. The molecule has 0 aromatic carbocycles. The standard InChI is InChI=1S/C12H19N3/c1-5-7-11(6-2)13-9-12-8-10(3)14-15(12)4/h1,8,11,13H,6-7,9H2,2-4H3. The first kappa shape index (κ1) is 11.8. The van der Waals surface area contributed by atoms with E-state index in [1.54, 1.807) is 0 Å². The van der Waals surface area contributed by atoms with E-state index in [0.29, 0.717) is 6.04 Å². The lowest BCUT2D eigenvalue weighted by molar-refractivity contribution is 0.492. The van der Waals surface area contributed by atoms with Gasteiger partial charge >= 0.3 is 0 Å². The van der Waals surface area contributed by atoms with Gasteiger partial charge in [0.25, 0.3) is 0 Å². The van der Waals surface area contributed by atoms with E-state index in [9.17, 15) is 0 Å². The Balaban J connectivity index is 2.49. The van der Waals surface area contributed by atoms with Crippen molar-refractivity contribution in [1.82, 2.24) is 15.1 Å². The summed E-state index contributed by atoms with van der Waals surface area (Å²) in [6, 6.07) is 2.50. The molecule has 0 spiro atoms. The summed E-state index contributed by atoms with van der Waals surface area (Å²) in [6.45, 7) is 4.98. The van der Waals surface area contributed by atoms with Crippen molar-refractivity contribution in [2.45, 2.75) is 39.3 Å². The molecule has 0 aliphatic carbocycles. The first-order chi connectivity index (χ1) is 7.17. The largest absolute Gasteiger partial charge is 0.307 e. The lowest BCUT2D eigenvalue weighted by Crippen LogP contribution is -2.28. The third-order valence-electron chi connectivity index (χ3n) is 2.53. The van der Waals surface area contributed by atoms with Gasteiger partial charge in [0.2, 0.25) is 0 Å². The van der Waals surface area contributed by atoms with Gasteiger partial charge in [0.15, 0.2) is 0 Å². The van der Waals surface area contributed by atoms with Crippen molar-refractivity contribution in [3.8, 4) is 12.3 Å². The highest BCUT2D eigenvalue weighted by Gasteiger charge is 2.06. The van der Waals surface area contributed by atoms with Gasteiger partial charge in [0.1, 0.15) is 0 Å². The fourth-order valence-electron chi connectivity index (χ4n) is 1.58. The van der Waals surface area contributed by atoms with E-state index in [1.165, 1.54) is 5.69 Å². The molecule has 1 rings (SSSR count). The molecular formula is C12H19N3. The number of hydrogen-bond acceptors (Lipinski definition) is 2. The monoisotopic (exact) mass is 205 g/mol. The van der Waals surface area contributed by atoms with Gasteiger partial charge in [-0.1, -0.05) is 6.92 Å². The summed E-state index contributed by atoms with van der Waals surface area (Å²) in [6.07, 6.45) is 7.14. The van der Waals surface area contributed by atoms with Crippen molar-refractivity contribution >= 4 is 0 Å². The molecule has 0 saturated heterocycles. The molecular weight excluding hydrogens is 186 g/mol. The number of nitrogens with zero attached hydrogens (tertiary/aromatic N) is 2. The van der Waals surface area contributed by atoms with E-state index in [2.05, 4.69) is 29.3 Å². The molecule has 1 aromatic rings. The van der Waals surface area contributed by atoms with E-state index in [0.717, 1.165) is 25.1 Å². The summed E-state index contributed by atoms with van der Waals surface area (Å²) in [4.78, 5) is 0. The fourth-order valence-corrected chi connectivity index (χ4v) is 1.58. The fraction of sp³-hybridized carbons (Fsp3) is 0.583. The van der Waals surface area contributed by atoms with Crippen LogP contribution in [-0.4, -0.2) is 15.8 Å². The Kier molecular flexibility index (Phi) is 4.38. The Morgan fingerprint density at radius 2 is 2.40 bits per heavy atom. The second kappa shape index (κ2) is 5.57. The Labute approximate surface area is 91.9 Å². The van der Waals surface area contributed by atoms with Gasteiger partial charge in [-0.3, -0.25) is 4.68 Å². The Bertz CT molecular complexity index is 346. The van der Waals surface area contributed by atoms with Crippen LogP contribution < -0.4 is 5.32 Å². The van der Waals surface area contributed by atoms with Gasteiger partial charge in [-0.15, -0.1) is 12.3 Å². The van der Waals surface area contributed by atoms with Gasteiger partial charge in [0, 0.05) is 26.1 Å². The van der Waals surface area contributed by atoms with Crippen molar-refractivity contribution in [3.05, 3.63) is 17.5 Å². The third kappa shape index (κ3) is 3.41. The van der Waals surface area contributed by atoms with Crippen molar-refractivity contribution in [3.63, 3.8) is 0 Å². The van der Waals surface area contributed by atoms with E-state index < -0.39 is 0 Å². The van der Waals surface area contributed by atoms with Crippen LogP contribution in [0, 0.1) is 19.3 Å². The van der Waals surface area contributed by atoms with E-state index in [4.69, 9.17) is 6.42 Å². The Morgan fingerprint density at radius 3 is 2.87 bits per heavy atom. The van der Waals surface area contributed by atoms with Crippen LogP contribution >= 0.6 is 0 Å². The summed E-state index contributed by atoms with van der Waals surface area (Å²) in [7, 11) is 1.96. The molecule has 15 heavy (non-hydrogen) atoms. The molecule has 3 heteroatoms. The molecule has 0 amide bonds.